The zero-order valence-electron chi connectivity index (χ0n) is 8.23. The third-order valence-corrected chi connectivity index (χ3v) is 3.08. The number of para-hydroxylation sites is 1. The first-order valence-corrected chi connectivity index (χ1v) is 5.11. The van der Waals surface area contributed by atoms with E-state index in [9.17, 15) is 9.90 Å². The Morgan fingerprint density at radius 2 is 2.33 bits per heavy atom. The van der Waals surface area contributed by atoms with Crippen LogP contribution in [0.15, 0.2) is 18.2 Å². The van der Waals surface area contributed by atoms with Gasteiger partial charge in [-0.15, -0.1) is 0 Å². The number of benzene rings is 1. The maximum absolute atomic E-state index is 11.7. The Balaban J connectivity index is 2.12. The molecule has 1 aromatic carbocycles. The lowest BCUT2D eigenvalue weighted by molar-refractivity contribution is -0.119. The average Bonchev–Trinajstić information content (AvgIpc) is 2.58. The van der Waals surface area contributed by atoms with Crippen molar-refractivity contribution < 1.29 is 9.90 Å². The maximum Gasteiger partial charge on any atom is 0.241 e. The van der Waals surface area contributed by atoms with Crippen molar-refractivity contribution in [3.8, 4) is 5.75 Å². The molecular weight excluding hydrogens is 192 g/mol. The van der Waals surface area contributed by atoms with Gasteiger partial charge in [-0.2, -0.15) is 0 Å². The lowest BCUT2D eigenvalue weighted by Gasteiger charge is -2.30. The van der Waals surface area contributed by atoms with Gasteiger partial charge in [0, 0.05) is 6.54 Å². The number of nitrogens with one attached hydrogen (secondary N) is 1. The summed E-state index contributed by atoms with van der Waals surface area (Å²) in [6.07, 6.45) is 0.836. The second-order valence-electron chi connectivity index (χ2n) is 4.04. The van der Waals surface area contributed by atoms with Crippen molar-refractivity contribution in [2.45, 2.75) is 12.5 Å². The largest absolute Gasteiger partial charge is 0.506 e. The van der Waals surface area contributed by atoms with E-state index < -0.39 is 0 Å². The Bertz CT molecular complexity index is 431. The van der Waals surface area contributed by atoms with Gasteiger partial charge in [-0.25, -0.2) is 0 Å². The summed E-state index contributed by atoms with van der Waals surface area (Å²) in [6, 6.07) is 5.61. The number of rotatable bonds is 0. The molecule has 1 unspecified atom stereocenters. The molecule has 0 spiro atoms. The van der Waals surface area contributed by atoms with E-state index in [1.807, 2.05) is 12.1 Å². The third kappa shape index (κ3) is 1.15. The van der Waals surface area contributed by atoms with Gasteiger partial charge >= 0.3 is 0 Å². The molecule has 78 valence electrons. The smallest absolute Gasteiger partial charge is 0.241 e. The highest BCUT2D eigenvalue weighted by atomic mass is 16.3. The minimum absolute atomic E-state index is 0.0477. The molecule has 2 aliphatic heterocycles. The fraction of sp³-hybridized carbons (Fsp3) is 0.364. The molecule has 2 N–H and O–H groups in total. The van der Waals surface area contributed by atoms with E-state index in [1.54, 1.807) is 11.0 Å². The SMILES string of the molecule is O=C1CNCC2Cc3cccc(O)c3N12. The van der Waals surface area contributed by atoms with Gasteiger partial charge in [-0.05, 0) is 18.1 Å². The van der Waals surface area contributed by atoms with Gasteiger partial charge in [-0.1, -0.05) is 12.1 Å². The molecule has 0 aromatic heterocycles. The van der Waals surface area contributed by atoms with Crippen LogP contribution in [0.3, 0.4) is 0 Å². The van der Waals surface area contributed by atoms with Crippen LogP contribution >= 0.6 is 0 Å². The first kappa shape index (κ1) is 8.73. The molecule has 1 amide bonds. The molecule has 1 saturated heterocycles. The Labute approximate surface area is 87.5 Å². The zero-order chi connectivity index (χ0) is 10.4. The minimum Gasteiger partial charge on any atom is -0.506 e. The molecule has 0 radical (unpaired) electrons. The van der Waals surface area contributed by atoms with Gasteiger partial charge in [0.05, 0.1) is 18.3 Å². The molecule has 4 heteroatoms. The highest BCUT2D eigenvalue weighted by molar-refractivity contribution is 5.99. The highest BCUT2D eigenvalue weighted by Crippen LogP contribution is 2.39. The number of amides is 1. The average molecular weight is 204 g/mol. The second-order valence-corrected chi connectivity index (χ2v) is 4.04. The maximum atomic E-state index is 11.7. The molecule has 2 heterocycles. The van der Waals surface area contributed by atoms with Crippen LogP contribution in [0.1, 0.15) is 5.56 Å². The summed E-state index contributed by atoms with van der Waals surface area (Å²) >= 11 is 0. The summed E-state index contributed by atoms with van der Waals surface area (Å²) in [5.41, 5.74) is 1.78. The molecule has 1 fully saturated rings. The number of phenols is 1. The van der Waals surface area contributed by atoms with Crippen LogP contribution in [0.5, 0.6) is 5.75 Å². The van der Waals surface area contributed by atoms with Gasteiger partial charge in [-0.3, -0.25) is 4.79 Å². The van der Waals surface area contributed by atoms with Gasteiger partial charge in [0.15, 0.2) is 0 Å². The number of carbonyl (C=O) groups excluding carboxylic acids is 1. The van der Waals surface area contributed by atoms with E-state index in [0.717, 1.165) is 18.5 Å². The number of anilines is 1. The van der Waals surface area contributed by atoms with Crippen molar-refractivity contribution >= 4 is 11.6 Å². The topological polar surface area (TPSA) is 52.6 Å². The molecule has 15 heavy (non-hydrogen) atoms. The lowest BCUT2D eigenvalue weighted by Crippen LogP contribution is -2.53. The number of nitrogens with zero attached hydrogens (tertiary/aromatic N) is 1. The van der Waals surface area contributed by atoms with E-state index in [2.05, 4.69) is 5.32 Å². The Hall–Kier alpha value is -1.55. The lowest BCUT2D eigenvalue weighted by atomic mass is 10.1. The van der Waals surface area contributed by atoms with Crippen LogP contribution in [-0.4, -0.2) is 30.1 Å². The van der Waals surface area contributed by atoms with Crippen molar-refractivity contribution in [3.05, 3.63) is 23.8 Å². The standard InChI is InChI=1S/C11H12N2O2/c14-9-3-1-2-7-4-8-5-12-6-10(15)13(8)11(7)9/h1-3,8,12,14H,4-6H2. The molecule has 1 atom stereocenters. The number of fused-ring (bicyclic) bond motifs is 3. The van der Waals surface area contributed by atoms with E-state index in [1.165, 1.54) is 0 Å². The van der Waals surface area contributed by atoms with Crippen LogP contribution in [0.4, 0.5) is 5.69 Å². The Morgan fingerprint density at radius 3 is 3.20 bits per heavy atom. The Morgan fingerprint density at radius 1 is 1.47 bits per heavy atom. The predicted molar refractivity (Wildman–Crippen MR) is 56.0 cm³/mol. The number of hydrogen-bond donors (Lipinski definition) is 2. The molecule has 0 saturated carbocycles. The summed E-state index contributed by atoms with van der Waals surface area (Å²) in [4.78, 5) is 13.5. The van der Waals surface area contributed by atoms with Gasteiger partial charge in [0.1, 0.15) is 5.75 Å². The van der Waals surface area contributed by atoms with Gasteiger partial charge < -0.3 is 15.3 Å². The molecule has 2 aliphatic rings. The van der Waals surface area contributed by atoms with Crippen LogP contribution in [0.25, 0.3) is 0 Å². The summed E-state index contributed by atoms with van der Waals surface area (Å²) in [6.45, 7) is 1.17. The van der Waals surface area contributed by atoms with Crippen molar-refractivity contribution in [2.24, 2.45) is 0 Å². The van der Waals surface area contributed by atoms with Gasteiger partial charge in [0.25, 0.3) is 0 Å². The van der Waals surface area contributed by atoms with E-state index in [-0.39, 0.29) is 17.7 Å². The van der Waals surface area contributed by atoms with Gasteiger partial charge in [0.2, 0.25) is 5.91 Å². The summed E-state index contributed by atoms with van der Waals surface area (Å²) in [7, 11) is 0. The minimum atomic E-state index is 0.0477. The summed E-state index contributed by atoms with van der Waals surface area (Å²) in [5.74, 6) is 0.261. The molecule has 0 aliphatic carbocycles. The molecule has 1 aromatic rings. The Kier molecular flexibility index (Phi) is 1.73. The summed E-state index contributed by atoms with van der Waals surface area (Å²) in [5, 5.41) is 12.9. The first-order valence-electron chi connectivity index (χ1n) is 5.11. The molecular formula is C11H12N2O2. The van der Waals surface area contributed by atoms with Crippen LogP contribution in [0, 0.1) is 0 Å². The molecule has 3 rings (SSSR count). The fourth-order valence-corrected chi connectivity index (χ4v) is 2.47. The van der Waals surface area contributed by atoms with E-state index in [0.29, 0.717) is 12.2 Å². The van der Waals surface area contributed by atoms with Crippen molar-refractivity contribution in [1.29, 1.82) is 0 Å². The molecule has 0 bridgehead atoms. The first-order chi connectivity index (χ1) is 7.27. The van der Waals surface area contributed by atoms with E-state index >= 15 is 0 Å². The van der Waals surface area contributed by atoms with Crippen molar-refractivity contribution in [1.82, 2.24) is 5.32 Å². The van der Waals surface area contributed by atoms with Crippen LogP contribution in [-0.2, 0) is 11.2 Å². The zero-order valence-corrected chi connectivity index (χ0v) is 8.23. The predicted octanol–water partition coefficient (Wildman–Crippen LogP) is 0.253. The third-order valence-electron chi connectivity index (χ3n) is 3.08. The summed E-state index contributed by atoms with van der Waals surface area (Å²) < 4.78 is 0. The number of piperazine rings is 1. The highest BCUT2D eigenvalue weighted by Gasteiger charge is 2.37. The van der Waals surface area contributed by atoms with Crippen LogP contribution in [0.2, 0.25) is 0 Å². The monoisotopic (exact) mass is 204 g/mol. The number of carbonyl (C=O) groups is 1. The second kappa shape index (κ2) is 2.97. The number of hydrogen-bond acceptors (Lipinski definition) is 3. The number of phenolic OH excluding ortho intramolecular Hbond substituents is 1. The quantitative estimate of drug-likeness (QED) is 0.637. The van der Waals surface area contributed by atoms with Crippen molar-refractivity contribution in [2.75, 3.05) is 18.0 Å². The molecule has 4 nitrogen and oxygen atoms in total. The normalized spacial score (nSPS) is 23.9. The number of aromatic hydroxyl groups is 1. The van der Waals surface area contributed by atoms with Crippen LogP contribution < -0.4 is 10.2 Å². The fourth-order valence-electron chi connectivity index (χ4n) is 2.47. The van der Waals surface area contributed by atoms with Crippen molar-refractivity contribution in [3.63, 3.8) is 0 Å². The van der Waals surface area contributed by atoms with E-state index in [4.69, 9.17) is 0 Å².